The fraction of sp³-hybridized carbons (Fsp3) is 0.350. The highest BCUT2D eigenvalue weighted by Crippen LogP contribution is 2.45. The van der Waals surface area contributed by atoms with Gasteiger partial charge in [0.2, 0.25) is 0 Å². The minimum absolute atomic E-state index is 0.0248. The monoisotopic (exact) mass is 351 g/mol. The third-order valence-electron chi connectivity index (χ3n) is 5.57. The molecule has 5 rings (SSSR count). The van der Waals surface area contributed by atoms with Crippen molar-refractivity contribution < 1.29 is 4.21 Å². The van der Waals surface area contributed by atoms with Crippen LogP contribution in [0.3, 0.4) is 0 Å². The van der Waals surface area contributed by atoms with Crippen LogP contribution in [0.2, 0.25) is 0 Å². The molecule has 1 aromatic carbocycles. The Morgan fingerprint density at radius 2 is 1.92 bits per heavy atom. The molecule has 128 valence electrons. The van der Waals surface area contributed by atoms with Gasteiger partial charge in [-0.15, -0.1) is 0 Å². The van der Waals surface area contributed by atoms with E-state index in [1.807, 2.05) is 12.1 Å². The van der Waals surface area contributed by atoms with Crippen LogP contribution in [-0.4, -0.2) is 32.3 Å². The second-order valence-electron chi connectivity index (χ2n) is 7.28. The van der Waals surface area contributed by atoms with Crippen LogP contribution in [0.5, 0.6) is 0 Å². The van der Waals surface area contributed by atoms with Crippen LogP contribution >= 0.6 is 0 Å². The normalized spacial score (nSPS) is 25.9. The molecule has 2 aliphatic heterocycles. The molecule has 4 nitrogen and oxygen atoms in total. The maximum Gasteiger partial charge on any atom is 0.0886 e. The Morgan fingerprint density at radius 1 is 1.12 bits per heavy atom. The SMILES string of the molecule is Cc1ccc2c(c1)c1c3n2CC(c2ccncc2)S(=O)C3CN(C)C1. The molecule has 0 saturated carbocycles. The summed E-state index contributed by atoms with van der Waals surface area (Å²) in [6.45, 7) is 4.73. The van der Waals surface area contributed by atoms with Gasteiger partial charge in [0.05, 0.1) is 10.5 Å². The minimum atomic E-state index is -0.930. The predicted octanol–water partition coefficient (Wildman–Crippen LogP) is 3.33. The first-order chi connectivity index (χ1) is 12.1. The fourth-order valence-electron chi connectivity index (χ4n) is 4.43. The Kier molecular flexibility index (Phi) is 3.37. The maximum atomic E-state index is 13.4. The number of likely N-dealkylation sites (N-methyl/N-ethyl adjacent to an activating group) is 1. The van der Waals surface area contributed by atoms with Gasteiger partial charge >= 0.3 is 0 Å². The van der Waals surface area contributed by atoms with E-state index in [4.69, 9.17) is 0 Å². The van der Waals surface area contributed by atoms with Crippen LogP contribution < -0.4 is 0 Å². The lowest BCUT2D eigenvalue weighted by molar-refractivity contribution is 0.300. The molecule has 2 aliphatic rings. The molecule has 2 aromatic heterocycles. The van der Waals surface area contributed by atoms with Gasteiger partial charge in [0.1, 0.15) is 0 Å². The Bertz CT molecular complexity index is 995. The van der Waals surface area contributed by atoms with Crippen LogP contribution in [0.15, 0.2) is 42.7 Å². The summed E-state index contributed by atoms with van der Waals surface area (Å²) in [6, 6.07) is 10.7. The highest BCUT2D eigenvalue weighted by molar-refractivity contribution is 7.85. The van der Waals surface area contributed by atoms with Gasteiger partial charge in [0.25, 0.3) is 0 Å². The summed E-state index contributed by atoms with van der Waals surface area (Å²) < 4.78 is 15.9. The van der Waals surface area contributed by atoms with E-state index in [9.17, 15) is 4.21 Å². The van der Waals surface area contributed by atoms with Gasteiger partial charge < -0.3 is 9.47 Å². The summed E-state index contributed by atoms with van der Waals surface area (Å²) in [7, 11) is 1.20. The first-order valence-electron chi connectivity index (χ1n) is 8.73. The van der Waals surface area contributed by atoms with E-state index in [0.717, 1.165) is 25.2 Å². The van der Waals surface area contributed by atoms with Crippen LogP contribution in [0.1, 0.15) is 32.9 Å². The van der Waals surface area contributed by atoms with Crippen LogP contribution in [-0.2, 0) is 23.9 Å². The molecule has 4 heterocycles. The lowest BCUT2D eigenvalue weighted by Gasteiger charge is -2.37. The first kappa shape index (κ1) is 15.3. The fourth-order valence-corrected chi connectivity index (χ4v) is 6.44. The number of pyridine rings is 1. The average molecular weight is 351 g/mol. The lowest BCUT2D eigenvalue weighted by Crippen LogP contribution is -2.38. The van der Waals surface area contributed by atoms with Crippen molar-refractivity contribution in [3.8, 4) is 0 Å². The molecular formula is C20H21N3OS. The molecule has 0 amide bonds. The molecule has 0 spiro atoms. The third-order valence-corrected chi connectivity index (χ3v) is 7.48. The Labute approximate surface area is 149 Å². The highest BCUT2D eigenvalue weighted by Gasteiger charge is 2.41. The smallest absolute Gasteiger partial charge is 0.0886 e. The molecule has 0 aliphatic carbocycles. The van der Waals surface area contributed by atoms with Gasteiger partial charge in [0.15, 0.2) is 0 Å². The third kappa shape index (κ3) is 2.22. The first-order valence-corrected chi connectivity index (χ1v) is 10.0. The predicted molar refractivity (Wildman–Crippen MR) is 101 cm³/mol. The summed E-state index contributed by atoms with van der Waals surface area (Å²) in [4.78, 5) is 6.43. The zero-order valence-corrected chi connectivity index (χ0v) is 15.3. The van der Waals surface area contributed by atoms with Crippen molar-refractivity contribution in [2.75, 3.05) is 13.6 Å². The van der Waals surface area contributed by atoms with Crippen molar-refractivity contribution >= 4 is 21.7 Å². The molecule has 25 heavy (non-hydrogen) atoms. The second-order valence-corrected chi connectivity index (χ2v) is 9.07. The number of rotatable bonds is 1. The molecule has 5 heteroatoms. The summed E-state index contributed by atoms with van der Waals surface area (Å²) >= 11 is 0. The second kappa shape index (κ2) is 5.51. The van der Waals surface area contributed by atoms with Crippen molar-refractivity contribution in [2.24, 2.45) is 0 Å². The lowest BCUT2D eigenvalue weighted by atomic mass is 10.0. The Morgan fingerprint density at radius 3 is 2.72 bits per heavy atom. The topological polar surface area (TPSA) is 38.1 Å². The number of aryl methyl sites for hydroxylation is 1. The largest absolute Gasteiger partial charge is 0.341 e. The van der Waals surface area contributed by atoms with E-state index in [1.165, 1.54) is 27.7 Å². The van der Waals surface area contributed by atoms with Gasteiger partial charge in [-0.1, -0.05) is 11.6 Å². The van der Waals surface area contributed by atoms with Gasteiger partial charge in [-0.05, 0) is 49.4 Å². The average Bonchev–Trinajstić information content (AvgIpc) is 2.92. The highest BCUT2D eigenvalue weighted by atomic mass is 32.2. The molecule has 3 atom stereocenters. The van der Waals surface area contributed by atoms with Crippen molar-refractivity contribution in [3.63, 3.8) is 0 Å². The van der Waals surface area contributed by atoms with Gasteiger partial charge in [-0.25, -0.2) is 0 Å². The van der Waals surface area contributed by atoms with Crippen LogP contribution in [0.25, 0.3) is 10.9 Å². The maximum absolute atomic E-state index is 13.4. The van der Waals surface area contributed by atoms with Crippen molar-refractivity contribution in [2.45, 2.75) is 30.5 Å². The molecule has 0 saturated heterocycles. The van der Waals surface area contributed by atoms with E-state index < -0.39 is 10.8 Å². The Balaban J connectivity index is 1.76. The van der Waals surface area contributed by atoms with Gasteiger partial charge in [-0.3, -0.25) is 9.19 Å². The summed E-state index contributed by atoms with van der Waals surface area (Å²) in [5.74, 6) is 0. The number of hydrogen-bond donors (Lipinski definition) is 0. The van der Waals surface area contributed by atoms with E-state index in [1.54, 1.807) is 12.4 Å². The number of hydrogen-bond acceptors (Lipinski definition) is 3. The molecular weight excluding hydrogens is 330 g/mol. The van der Waals surface area contributed by atoms with Crippen LogP contribution in [0, 0.1) is 6.92 Å². The van der Waals surface area contributed by atoms with E-state index >= 15 is 0 Å². The molecule has 0 fully saturated rings. The zero-order chi connectivity index (χ0) is 17.1. The van der Waals surface area contributed by atoms with E-state index in [-0.39, 0.29) is 10.5 Å². The molecule has 0 bridgehead atoms. The Hall–Kier alpha value is -1.98. The number of fused-ring (bicyclic) bond motifs is 3. The van der Waals surface area contributed by atoms with Crippen molar-refractivity contribution in [1.29, 1.82) is 0 Å². The summed E-state index contributed by atoms with van der Waals surface area (Å²) in [5, 5.41) is 1.43. The zero-order valence-electron chi connectivity index (χ0n) is 14.5. The van der Waals surface area contributed by atoms with Crippen molar-refractivity contribution in [1.82, 2.24) is 14.5 Å². The summed E-state index contributed by atoms with van der Waals surface area (Å²) in [6.07, 6.45) is 3.61. The molecule has 0 radical (unpaired) electrons. The number of benzene rings is 1. The minimum Gasteiger partial charge on any atom is -0.341 e. The quantitative estimate of drug-likeness (QED) is 0.675. The number of nitrogens with zero attached hydrogens (tertiary/aromatic N) is 3. The molecule has 0 N–H and O–H groups in total. The molecule has 3 unspecified atom stereocenters. The van der Waals surface area contributed by atoms with Gasteiger partial charge in [-0.2, -0.15) is 0 Å². The van der Waals surface area contributed by atoms with Crippen LogP contribution in [0.4, 0.5) is 0 Å². The number of aromatic nitrogens is 2. The van der Waals surface area contributed by atoms with E-state index in [0.29, 0.717) is 0 Å². The molecule has 3 aromatic rings. The van der Waals surface area contributed by atoms with Crippen molar-refractivity contribution in [3.05, 3.63) is 65.1 Å². The summed E-state index contributed by atoms with van der Waals surface area (Å²) in [5.41, 5.74) is 6.37. The standard InChI is InChI=1S/C20H21N3OS/c1-13-3-4-17-15(9-13)16-10-22(2)11-19-20(16)23(17)12-18(25(19)24)14-5-7-21-8-6-14/h3-9,18-19H,10-12H2,1-2H3. The van der Waals surface area contributed by atoms with Gasteiger partial charge in [0, 0.05) is 59.4 Å². The van der Waals surface area contributed by atoms with E-state index in [2.05, 4.69) is 46.6 Å².